The van der Waals surface area contributed by atoms with Crippen LogP contribution >= 0.6 is 0 Å². The molecule has 18 heavy (non-hydrogen) atoms. The second kappa shape index (κ2) is 7.02. The summed E-state index contributed by atoms with van der Waals surface area (Å²) in [5.74, 6) is 1.44. The number of benzene rings is 1. The van der Waals surface area contributed by atoms with Crippen molar-refractivity contribution in [3.8, 4) is 0 Å². The molecule has 0 spiro atoms. The number of rotatable bonds is 1. The molecule has 4 heteroatoms. The largest absolute Gasteiger partial charge is 0.326 e. The van der Waals surface area contributed by atoms with Gasteiger partial charge in [-0.15, -0.1) is 0 Å². The first-order chi connectivity index (χ1) is 8.75. The summed E-state index contributed by atoms with van der Waals surface area (Å²) >= 11 is 0. The Bertz CT molecular complexity index is 369. The molecule has 0 radical (unpaired) electrons. The monoisotopic (exact) mass is 266 g/mol. The summed E-state index contributed by atoms with van der Waals surface area (Å²) in [6.45, 7) is 1.18. The molecule has 0 bridgehead atoms. The lowest BCUT2D eigenvalue weighted by atomic mass is 9.98. The van der Waals surface area contributed by atoms with Gasteiger partial charge in [0.1, 0.15) is 0 Å². The van der Waals surface area contributed by atoms with Gasteiger partial charge >= 0.3 is 0 Å². The third kappa shape index (κ3) is 4.19. The van der Waals surface area contributed by atoms with E-state index < -0.39 is 10.8 Å². The first-order valence-corrected chi connectivity index (χ1v) is 8.13. The van der Waals surface area contributed by atoms with Crippen LogP contribution in [0.15, 0.2) is 30.3 Å². The summed E-state index contributed by atoms with van der Waals surface area (Å²) in [7, 11) is -0.547. The molecule has 1 atom stereocenters. The topological polar surface area (TPSA) is 55.1 Å². The van der Waals surface area contributed by atoms with Crippen molar-refractivity contribution >= 4 is 10.8 Å². The van der Waals surface area contributed by atoms with Gasteiger partial charge in [0, 0.05) is 34.4 Å². The summed E-state index contributed by atoms with van der Waals surface area (Å²) in [4.78, 5) is 0. The zero-order valence-electron chi connectivity index (χ0n) is 10.7. The normalized spacial score (nSPS) is 30.8. The average molecular weight is 266 g/mol. The van der Waals surface area contributed by atoms with Crippen LogP contribution in [-0.4, -0.2) is 28.3 Å². The second-order valence-electron chi connectivity index (χ2n) is 4.95. The number of hydrogen-bond acceptors (Lipinski definition) is 3. The first-order valence-electron chi connectivity index (χ1n) is 6.64. The minimum absolute atomic E-state index is 0.242. The Labute approximate surface area is 112 Å². The van der Waals surface area contributed by atoms with Crippen molar-refractivity contribution in [2.75, 3.05) is 18.1 Å². The molecule has 1 aromatic carbocycles. The third-order valence-corrected chi connectivity index (χ3v) is 4.91. The van der Waals surface area contributed by atoms with Crippen molar-refractivity contribution in [1.29, 1.82) is 0 Å². The van der Waals surface area contributed by atoms with Crippen LogP contribution in [0.2, 0.25) is 0 Å². The van der Waals surface area contributed by atoms with E-state index in [1.165, 1.54) is 31.4 Å². The highest BCUT2D eigenvalue weighted by Gasteiger charge is 2.19. The SMILES string of the molecule is NC1CS(=O)C1.c1ccc(C2CCCCN2)cc1. The fourth-order valence-corrected chi connectivity index (χ4v) is 3.11. The molecular weight excluding hydrogens is 244 g/mol. The summed E-state index contributed by atoms with van der Waals surface area (Å²) in [6, 6.07) is 11.6. The highest BCUT2D eigenvalue weighted by molar-refractivity contribution is 7.86. The van der Waals surface area contributed by atoms with Crippen molar-refractivity contribution in [2.24, 2.45) is 5.73 Å². The van der Waals surface area contributed by atoms with Crippen LogP contribution in [0.4, 0.5) is 0 Å². The molecule has 1 unspecified atom stereocenters. The Morgan fingerprint density at radius 3 is 2.33 bits per heavy atom. The predicted molar refractivity (Wildman–Crippen MR) is 76.9 cm³/mol. The Hall–Kier alpha value is -0.710. The van der Waals surface area contributed by atoms with Gasteiger partial charge in [-0.2, -0.15) is 0 Å². The quantitative estimate of drug-likeness (QED) is 0.811. The lowest BCUT2D eigenvalue weighted by Crippen LogP contribution is -2.43. The van der Waals surface area contributed by atoms with Crippen LogP contribution in [0.3, 0.4) is 0 Å². The number of nitrogens with two attached hydrogens (primary N) is 1. The van der Waals surface area contributed by atoms with E-state index in [-0.39, 0.29) is 6.04 Å². The molecule has 2 heterocycles. The highest BCUT2D eigenvalue weighted by atomic mass is 32.2. The number of nitrogens with one attached hydrogen (secondary N) is 1. The smallest absolute Gasteiger partial charge is 0.0396 e. The van der Waals surface area contributed by atoms with Crippen LogP contribution in [0.25, 0.3) is 0 Å². The first kappa shape index (κ1) is 13.7. The molecule has 2 fully saturated rings. The molecule has 3 N–H and O–H groups in total. The van der Waals surface area contributed by atoms with Gasteiger partial charge in [-0.05, 0) is 24.9 Å². The number of piperidine rings is 1. The molecule has 3 rings (SSSR count). The Morgan fingerprint density at radius 1 is 1.17 bits per heavy atom. The fourth-order valence-electron chi connectivity index (χ4n) is 2.25. The van der Waals surface area contributed by atoms with Gasteiger partial charge in [0.25, 0.3) is 0 Å². The van der Waals surface area contributed by atoms with Crippen molar-refractivity contribution in [3.05, 3.63) is 35.9 Å². The molecule has 0 aromatic heterocycles. The van der Waals surface area contributed by atoms with Crippen LogP contribution in [0, 0.1) is 0 Å². The zero-order valence-corrected chi connectivity index (χ0v) is 11.5. The van der Waals surface area contributed by atoms with E-state index in [1.54, 1.807) is 0 Å². The van der Waals surface area contributed by atoms with Crippen molar-refractivity contribution in [1.82, 2.24) is 5.32 Å². The molecule has 3 nitrogen and oxygen atoms in total. The predicted octanol–water partition coefficient (Wildman–Crippen LogP) is 1.58. The lowest BCUT2D eigenvalue weighted by molar-refractivity contribution is 0.412. The molecule has 0 saturated carbocycles. The summed E-state index contributed by atoms with van der Waals surface area (Å²) in [5.41, 5.74) is 6.72. The standard InChI is InChI=1S/C11H15N.C3H7NOS/c1-2-6-10(7-3-1)11-8-4-5-9-12-11;4-3-1-6(5)2-3/h1-3,6-7,11-12H,4-5,8-9H2;3H,1-2,4H2. The van der Waals surface area contributed by atoms with Crippen LogP contribution < -0.4 is 11.1 Å². The van der Waals surface area contributed by atoms with Crippen LogP contribution in [-0.2, 0) is 10.8 Å². The van der Waals surface area contributed by atoms with E-state index in [2.05, 4.69) is 35.6 Å². The van der Waals surface area contributed by atoms with Gasteiger partial charge < -0.3 is 11.1 Å². The van der Waals surface area contributed by atoms with Crippen LogP contribution in [0.1, 0.15) is 30.9 Å². The highest BCUT2D eigenvalue weighted by Crippen LogP contribution is 2.21. The van der Waals surface area contributed by atoms with E-state index in [4.69, 9.17) is 5.73 Å². The summed E-state index contributed by atoms with van der Waals surface area (Å²) in [5, 5.41) is 3.54. The van der Waals surface area contributed by atoms with Crippen LogP contribution in [0.5, 0.6) is 0 Å². The molecule has 0 amide bonds. The van der Waals surface area contributed by atoms with Crippen molar-refractivity contribution in [3.63, 3.8) is 0 Å². The van der Waals surface area contributed by atoms with Gasteiger partial charge in [0.2, 0.25) is 0 Å². The average Bonchev–Trinajstić information content (AvgIpc) is 2.40. The second-order valence-corrected chi connectivity index (χ2v) is 6.49. The maximum atomic E-state index is 10.1. The zero-order chi connectivity index (χ0) is 12.8. The molecule has 2 aliphatic heterocycles. The van der Waals surface area contributed by atoms with Gasteiger partial charge in [0.15, 0.2) is 0 Å². The van der Waals surface area contributed by atoms with E-state index in [9.17, 15) is 4.21 Å². The van der Waals surface area contributed by atoms with Gasteiger partial charge in [-0.3, -0.25) is 4.21 Å². The minimum Gasteiger partial charge on any atom is -0.326 e. The Balaban J connectivity index is 0.000000169. The molecule has 2 saturated heterocycles. The molecule has 1 aromatic rings. The van der Waals surface area contributed by atoms with Gasteiger partial charge in [-0.25, -0.2) is 0 Å². The minimum atomic E-state index is -0.547. The number of hydrogen-bond donors (Lipinski definition) is 2. The lowest BCUT2D eigenvalue weighted by Gasteiger charge is -2.23. The third-order valence-electron chi connectivity index (χ3n) is 3.31. The van der Waals surface area contributed by atoms with Gasteiger partial charge in [0.05, 0.1) is 0 Å². The molecular formula is C14H22N2OS. The molecule has 2 aliphatic rings. The van der Waals surface area contributed by atoms with Crippen molar-refractivity contribution in [2.45, 2.75) is 31.3 Å². The Morgan fingerprint density at radius 2 is 1.89 bits per heavy atom. The fraction of sp³-hybridized carbons (Fsp3) is 0.571. The maximum Gasteiger partial charge on any atom is 0.0396 e. The summed E-state index contributed by atoms with van der Waals surface area (Å²) in [6.07, 6.45) is 4.00. The molecule has 0 aliphatic carbocycles. The van der Waals surface area contributed by atoms with E-state index >= 15 is 0 Å². The van der Waals surface area contributed by atoms with E-state index in [0.717, 1.165) is 11.5 Å². The Kier molecular flexibility index (Phi) is 5.35. The molecule has 100 valence electrons. The summed E-state index contributed by atoms with van der Waals surface area (Å²) < 4.78 is 10.1. The van der Waals surface area contributed by atoms with Gasteiger partial charge in [-0.1, -0.05) is 36.8 Å². The van der Waals surface area contributed by atoms with E-state index in [0.29, 0.717) is 6.04 Å². The van der Waals surface area contributed by atoms with Crippen molar-refractivity contribution < 1.29 is 4.21 Å². The maximum absolute atomic E-state index is 10.1. The van der Waals surface area contributed by atoms with E-state index in [1.807, 2.05) is 0 Å².